The first-order valence-electron chi connectivity index (χ1n) is 9.68. The van der Waals surface area contributed by atoms with Crippen LogP contribution in [0.5, 0.6) is 0 Å². The van der Waals surface area contributed by atoms with Crippen molar-refractivity contribution < 1.29 is 13.3 Å². The van der Waals surface area contributed by atoms with Crippen LogP contribution in [0.3, 0.4) is 0 Å². The van der Waals surface area contributed by atoms with Crippen molar-refractivity contribution in [3.8, 4) is 0 Å². The highest BCUT2D eigenvalue weighted by Gasteiger charge is 2.21. The van der Waals surface area contributed by atoms with Gasteiger partial charge in [0.25, 0.3) is 15.7 Å². The first-order valence-corrected chi connectivity index (χ1v) is 11.5. The number of anilines is 2. The molecule has 1 heterocycles. The molecule has 168 valence electrons. The molecule has 0 radical (unpaired) electrons. The number of aromatic amines is 1. The van der Waals surface area contributed by atoms with Crippen molar-refractivity contribution in [3.05, 3.63) is 93.1 Å². The number of aromatic nitrogens is 1. The van der Waals surface area contributed by atoms with E-state index in [2.05, 4.69) is 20.2 Å². The molecule has 0 aliphatic heterocycles. The summed E-state index contributed by atoms with van der Waals surface area (Å²) in [5.41, 5.74) is 5.23. The number of hydrogen-bond donors (Lipinski definition) is 3. The number of benzene rings is 3. The third-order valence-electron chi connectivity index (χ3n) is 4.89. The number of halogens is 1. The molecule has 0 aliphatic rings. The molecular formula is C22H18ClN5O4S. The lowest BCUT2D eigenvalue weighted by atomic mass is 10.1. The molecule has 0 saturated heterocycles. The first-order chi connectivity index (χ1) is 15.7. The Morgan fingerprint density at radius 3 is 2.55 bits per heavy atom. The van der Waals surface area contributed by atoms with Crippen molar-refractivity contribution in [2.45, 2.75) is 11.8 Å². The summed E-state index contributed by atoms with van der Waals surface area (Å²) in [5, 5.41) is 17.1. The number of nitrogens with zero attached hydrogens (tertiary/aromatic N) is 2. The zero-order valence-electron chi connectivity index (χ0n) is 17.2. The summed E-state index contributed by atoms with van der Waals surface area (Å²) in [6, 6.07) is 17.3. The van der Waals surface area contributed by atoms with Gasteiger partial charge in [0.2, 0.25) is 0 Å². The molecule has 9 nitrogen and oxygen atoms in total. The molecule has 0 unspecified atom stereocenters. The first kappa shape index (κ1) is 22.3. The van der Waals surface area contributed by atoms with Crippen molar-refractivity contribution in [1.29, 1.82) is 0 Å². The monoisotopic (exact) mass is 483 g/mol. The lowest BCUT2D eigenvalue weighted by molar-refractivity contribution is -0.384. The molecule has 0 bridgehead atoms. The van der Waals surface area contributed by atoms with Gasteiger partial charge in [0, 0.05) is 38.9 Å². The Morgan fingerprint density at radius 1 is 1.09 bits per heavy atom. The number of aryl methyl sites for hydroxylation is 1. The van der Waals surface area contributed by atoms with Crippen LogP contribution >= 0.6 is 11.6 Å². The Labute approximate surface area is 194 Å². The number of nitro benzene ring substituents is 1. The van der Waals surface area contributed by atoms with E-state index >= 15 is 0 Å². The Bertz CT molecular complexity index is 1480. The summed E-state index contributed by atoms with van der Waals surface area (Å²) in [6.07, 6.45) is 1.56. The second kappa shape index (κ2) is 8.93. The maximum Gasteiger partial charge on any atom is 0.295 e. The highest BCUT2D eigenvalue weighted by Crippen LogP contribution is 2.29. The lowest BCUT2D eigenvalue weighted by Crippen LogP contribution is -2.13. The van der Waals surface area contributed by atoms with Crippen LogP contribution in [0.2, 0.25) is 5.02 Å². The number of nitro groups is 1. The zero-order chi connectivity index (χ0) is 23.6. The normalized spacial score (nSPS) is 11.7. The Balaban J connectivity index is 1.59. The van der Waals surface area contributed by atoms with Gasteiger partial charge in [0.05, 0.1) is 16.0 Å². The molecule has 4 aromatic rings. The maximum atomic E-state index is 12.7. The molecule has 4 rings (SSSR count). The van der Waals surface area contributed by atoms with Gasteiger partial charge in [-0.25, -0.2) is 8.42 Å². The number of H-pyrrole nitrogens is 1. The van der Waals surface area contributed by atoms with Crippen LogP contribution in [-0.4, -0.2) is 24.5 Å². The van der Waals surface area contributed by atoms with Gasteiger partial charge in [-0.05, 0) is 49.4 Å². The average molecular weight is 484 g/mol. The fourth-order valence-electron chi connectivity index (χ4n) is 3.29. The van der Waals surface area contributed by atoms with E-state index in [9.17, 15) is 18.5 Å². The summed E-state index contributed by atoms with van der Waals surface area (Å²) in [5.74, 6) is 0. The molecular weight excluding hydrogens is 466 g/mol. The average Bonchev–Trinajstić information content (AvgIpc) is 3.10. The summed E-state index contributed by atoms with van der Waals surface area (Å²) < 4.78 is 27.7. The van der Waals surface area contributed by atoms with Crippen LogP contribution in [0.1, 0.15) is 11.3 Å². The molecule has 0 aliphatic carbocycles. The topological polar surface area (TPSA) is 129 Å². The van der Waals surface area contributed by atoms with Crippen molar-refractivity contribution in [2.24, 2.45) is 5.10 Å². The van der Waals surface area contributed by atoms with Crippen molar-refractivity contribution in [1.82, 2.24) is 4.98 Å². The Hall–Kier alpha value is -3.89. The van der Waals surface area contributed by atoms with Gasteiger partial charge in [-0.1, -0.05) is 29.8 Å². The summed E-state index contributed by atoms with van der Waals surface area (Å²) >= 11 is 5.81. The minimum Gasteiger partial charge on any atom is -0.358 e. The largest absolute Gasteiger partial charge is 0.358 e. The van der Waals surface area contributed by atoms with Gasteiger partial charge in [0.15, 0.2) is 0 Å². The van der Waals surface area contributed by atoms with E-state index in [-0.39, 0.29) is 16.3 Å². The van der Waals surface area contributed by atoms with E-state index in [1.54, 1.807) is 6.21 Å². The van der Waals surface area contributed by atoms with Crippen molar-refractivity contribution >= 4 is 55.8 Å². The van der Waals surface area contributed by atoms with E-state index in [0.29, 0.717) is 5.02 Å². The number of rotatable bonds is 7. The van der Waals surface area contributed by atoms with E-state index in [4.69, 9.17) is 11.6 Å². The molecule has 11 heteroatoms. The van der Waals surface area contributed by atoms with Crippen LogP contribution < -0.4 is 10.1 Å². The van der Waals surface area contributed by atoms with Crippen LogP contribution in [0, 0.1) is 17.0 Å². The zero-order valence-corrected chi connectivity index (χ0v) is 18.8. The lowest BCUT2D eigenvalue weighted by Gasteiger charge is -2.09. The maximum absolute atomic E-state index is 12.7. The van der Waals surface area contributed by atoms with E-state index < -0.39 is 20.6 Å². The molecule has 1 aromatic heterocycles. The highest BCUT2D eigenvalue weighted by molar-refractivity contribution is 7.92. The van der Waals surface area contributed by atoms with E-state index in [1.165, 1.54) is 36.4 Å². The van der Waals surface area contributed by atoms with Crippen molar-refractivity contribution in [3.63, 3.8) is 0 Å². The van der Waals surface area contributed by atoms with E-state index in [0.717, 1.165) is 28.2 Å². The SMILES string of the molecule is Cc1[nH]c2ccccc2c1/C=N/Nc1ccc(S(=O)(=O)Nc2ccc(Cl)cc2)cc1[N+](=O)[O-]. The van der Waals surface area contributed by atoms with Gasteiger partial charge in [-0.15, -0.1) is 0 Å². The molecule has 0 saturated carbocycles. The minimum atomic E-state index is -4.05. The summed E-state index contributed by atoms with van der Waals surface area (Å²) in [7, 11) is -4.05. The molecule has 0 spiro atoms. The summed E-state index contributed by atoms with van der Waals surface area (Å²) in [6.45, 7) is 1.90. The number of fused-ring (bicyclic) bond motifs is 1. The molecule has 3 N–H and O–H groups in total. The van der Waals surface area contributed by atoms with Gasteiger partial charge in [-0.3, -0.25) is 20.3 Å². The van der Waals surface area contributed by atoms with Gasteiger partial charge in [0.1, 0.15) is 5.69 Å². The third-order valence-corrected chi connectivity index (χ3v) is 6.53. The smallest absolute Gasteiger partial charge is 0.295 e. The predicted molar refractivity (Wildman–Crippen MR) is 130 cm³/mol. The minimum absolute atomic E-state index is 0.0548. The highest BCUT2D eigenvalue weighted by atomic mass is 35.5. The predicted octanol–water partition coefficient (Wildman–Crippen LogP) is 5.28. The third kappa shape index (κ3) is 4.81. The quantitative estimate of drug-likeness (QED) is 0.187. The number of para-hydroxylation sites is 1. The van der Waals surface area contributed by atoms with Crippen LogP contribution in [0.4, 0.5) is 17.1 Å². The Kier molecular flexibility index (Phi) is 6.03. The standard InChI is InChI=1S/C22H18ClN5O4S/c1-14-19(18-4-2-3-5-20(18)25-14)13-24-26-21-11-10-17(12-22(21)28(29)30)33(31,32)27-16-8-6-15(23)7-9-16/h2-13,25-27H,1H3/b24-13+. The fraction of sp³-hybridized carbons (Fsp3) is 0.0455. The van der Waals surface area contributed by atoms with E-state index in [1.807, 2.05) is 31.2 Å². The fourth-order valence-corrected chi connectivity index (χ4v) is 4.49. The van der Waals surface area contributed by atoms with Crippen LogP contribution in [0.25, 0.3) is 10.9 Å². The number of hydrazone groups is 1. The van der Waals surface area contributed by atoms with Crippen molar-refractivity contribution in [2.75, 3.05) is 10.1 Å². The van der Waals surface area contributed by atoms with Gasteiger partial charge < -0.3 is 4.98 Å². The van der Waals surface area contributed by atoms with Crippen LogP contribution in [0.15, 0.2) is 76.7 Å². The molecule has 0 amide bonds. The van der Waals surface area contributed by atoms with Crippen LogP contribution in [-0.2, 0) is 10.0 Å². The second-order valence-electron chi connectivity index (χ2n) is 7.13. The Morgan fingerprint density at radius 2 is 1.82 bits per heavy atom. The molecule has 0 fully saturated rings. The van der Waals surface area contributed by atoms with Gasteiger partial charge in [-0.2, -0.15) is 5.10 Å². The number of hydrogen-bond acceptors (Lipinski definition) is 6. The summed E-state index contributed by atoms with van der Waals surface area (Å²) in [4.78, 5) is 13.9. The van der Waals surface area contributed by atoms with Gasteiger partial charge >= 0.3 is 0 Å². The molecule has 3 aromatic carbocycles. The number of nitrogens with one attached hydrogen (secondary N) is 3. The molecule has 0 atom stereocenters. The second-order valence-corrected chi connectivity index (χ2v) is 9.25. The number of sulfonamides is 1. The molecule has 33 heavy (non-hydrogen) atoms.